The molecule has 0 radical (unpaired) electrons. The summed E-state index contributed by atoms with van der Waals surface area (Å²) in [4.78, 5) is 25.2. The molecule has 0 aromatic carbocycles. The highest BCUT2D eigenvalue weighted by Gasteiger charge is 2.27. The van der Waals surface area contributed by atoms with Crippen LogP contribution in [0.15, 0.2) is 5.16 Å². The van der Waals surface area contributed by atoms with Crippen molar-refractivity contribution in [2.75, 3.05) is 11.1 Å². The molecule has 3 rings (SSSR count). The number of aromatic nitrogens is 4. The first-order valence-electron chi connectivity index (χ1n) is 7.55. The molecule has 1 unspecified atom stereocenters. The number of hydrogen-bond donors (Lipinski definition) is 2. The fraction of sp³-hybridized carbons (Fsp3) is 0.500. The lowest BCUT2D eigenvalue weighted by Gasteiger charge is -2.18. The van der Waals surface area contributed by atoms with Gasteiger partial charge in [0.05, 0.1) is 11.3 Å². The van der Waals surface area contributed by atoms with Gasteiger partial charge in [-0.15, -0.1) is 16.4 Å². The third-order valence-electron chi connectivity index (χ3n) is 3.92. The molecule has 1 atom stereocenters. The number of primary amides is 1. The zero-order valence-electron chi connectivity index (χ0n) is 13.4. The van der Waals surface area contributed by atoms with Crippen molar-refractivity contribution in [3.8, 4) is 0 Å². The summed E-state index contributed by atoms with van der Waals surface area (Å²) < 4.78 is 1.50. The fourth-order valence-electron chi connectivity index (χ4n) is 2.74. The van der Waals surface area contributed by atoms with Gasteiger partial charge in [0.1, 0.15) is 5.00 Å². The van der Waals surface area contributed by atoms with Crippen LogP contribution in [-0.2, 0) is 24.7 Å². The van der Waals surface area contributed by atoms with E-state index in [-0.39, 0.29) is 11.7 Å². The summed E-state index contributed by atoms with van der Waals surface area (Å²) in [6.07, 6.45) is 2.79. The zero-order chi connectivity index (χ0) is 17.3. The summed E-state index contributed by atoms with van der Waals surface area (Å²) in [6, 6.07) is 0. The highest BCUT2D eigenvalue weighted by molar-refractivity contribution is 7.99. The molecule has 0 spiro atoms. The molecule has 0 saturated carbocycles. The highest BCUT2D eigenvalue weighted by atomic mass is 32.2. The van der Waals surface area contributed by atoms with Crippen molar-refractivity contribution in [3.05, 3.63) is 16.0 Å². The van der Waals surface area contributed by atoms with Gasteiger partial charge in [-0.2, -0.15) is 0 Å². The van der Waals surface area contributed by atoms with Gasteiger partial charge in [-0.3, -0.25) is 9.59 Å². The lowest BCUT2D eigenvalue weighted by molar-refractivity contribution is -0.113. The Bertz CT molecular complexity index is 784. The minimum Gasteiger partial charge on any atom is -0.365 e. The molecule has 0 saturated heterocycles. The van der Waals surface area contributed by atoms with Crippen molar-refractivity contribution in [2.45, 2.75) is 31.3 Å². The summed E-state index contributed by atoms with van der Waals surface area (Å²) >= 11 is 2.70. The predicted molar refractivity (Wildman–Crippen MR) is 92.2 cm³/mol. The number of rotatable bonds is 5. The number of fused-ring (bicyclic) bond motifs is 1. The van der Waals surface area contributed by atoms with Gasteiger partial charge in [-0.05, 0) is 41.2 Å². The van der Waals surface area contributed by atoms with Crippen molar-refractivity contribution >= 4 is 39.9 Å². The molecule has 0 fully saturated rings. The number of tetrazole rings is 1. The zero-order valence-corrected chi connectivity index (χ0v) is 15.0. The van der Waals surface area contributed by atoms with E-state index >= 15 is 0 Å². The van der Waals surface area contributed by atoms with Crippen LogP contribution < -0.4 is 11.1 Å². The molecule has 24 heavy (non-hydrogen) atoms. The number of thiophene rings is 1. The van der Waals surface area contributed by atoms with E-state index in [2.05, 4.69) is 27.8 Å². The van der Waals surface area contributed by atoms with E-state index in [1.165, 1.54) is 27.8 Å². The first-order valence-corrected chi connectivity index (χ1v) is 9.35. The van der Waals surface area contributed by atoms with E-state index in [4.69, 9.17) is 5.73 Å². The van der Waals surface area contributed by atoms with E-state index in [0.29, 0.717) is 21.6 Å². The predicted octanol–water partition coefficient (Wildman–Crippen LogP) is 1.23. The Morgan fingerprint density at radius 2 is 2.29 bits per heavy atom. The van der Waals surface area contributed by atoms with Gasteiger partial charge in [-0.1, -0.05) is 18.7 Å². The lowest BCUT2D eigenvalue weighted by atomic mass is 9.88. The molecule has 2 heterocycles. The number of carbonyl (C=O) groups excluding carboxylic acids is 2. The van der Waals surface area contributed by atoms with Crippen LogP contribution in [0.25, 0.3) is 0 Å². The van der Waals surface area contributed by atoms with Gasteiger partial charge in [-0.25, -0.2) is 4.68 Å². The Balaban J connectivity index is 1.73. The molecule has 0 bridgehead atoms. The molecule has 2 aromatic heterocycles. The minimum atomic E-state index is -0.484. The second kappa shape index (κ2) is 6.89. The van der Waals surface area contributed by atoms with Crippen molar-refractivity contribution in [1.82, 2.24) is 20.2 Å². The van der Waals surface area contributed by atoms with Crippen LogP contribution in [-0.4, -0.2) is 37.8 Å². The van der Waals surface area contributed by atoms with Crippen molar-refractivity contribution in [1.29, 1.82) is 0 Å². The van der Waals surface area contributed by atoms with Gasteiger partial charge in [0.15, 0.2) is 0 Å². The number of anilines is 1. The Morgan fingerprint density at radius 3 is 2.96 bits per heavy atom. The molecule has 1 aliphatic carbocycles. The minimum absolute atomic E-state index is 0.158. The smallest absolute Gasteiger partial charge is 0.251 e. The third-order valence-corrected chi connectivity index (χ3v) is 6.11. The molecule has 3 N–H and O–H groups in total. The van der Waals surface area contributed by atoms with Gasteiger partial charge < -0.3 is 11.1 Å². The van der Waals surface area contributed by atoms with E-state index < -0.39 is 5.91 Å². The van der Waals surface area contributed by atoms with Crippen LogP contribution in [0, 0.1) is 5.92 Å². The van der Waals surface area contributed by atoms with E-state index in [0.717, 1.165) is 29.7 Å². The van der Waals surface area contributed by atoms with Crippen LogP contribution in [0.2, 0.25) is 0 Å². The molecule has 8 nitrogen and oxygen atoms in total. The maximum atomic E-state index is 12.2. The SMILES string of the molecule is CC1CCc2c(sc(NC(=O)CSc3nnnn3C)c2C(N)=O)C1. The normalized spacial score (nSPS) is 16.7. The summed E-state index contributed by atoms with van der Waals surface area (Å²) in [5.74, 6) is 0.0461. The number of nitrogens with two attached hydrogens (primary N) is 1. The van der Waals surface area contributed by atoms with Crippen LogP contribution in [0.5, 0.6) is 0 Å². The number of nitrogens with zero attached hydrogens (tertiary/aromatic N) is 4. The summed E-state index contributed by atoms with van der Waals surface area (Å²) in [5, 5.41) is 15.0. The topological polar surface area (TPSA) is 116 Å². The average Bonchev–Trinajstić information content (AvgIpc) is 3.07. The maximum absolute atomic E-state index is 12.2. The number of hydrogen-bond acceptors (Lipinski definition) is 7. The summed E-state index contributed by atoms with van der Waals surface area (Å²) in [7, 11) is 1.71. The van der Waals surface area contributed by atoms with Crippen molar-refractivity contribution in [2.24, 2.45) is 18.7 Å². The van der Waals surface area contributed by atoms with E-state index in [9.17, 15) is 9.59 Å². The largest absolute Gasteiger partial charge is 0.365 e. The molecule has 1 aliphatic rings. The van der Waals surface area contributed by atoms with Gasteiger partial charge in [0.25, 0.3) is 5.91 Å². The molecule has 2 aromatic rings. The number of aryl methyl sites for hydroxylation is 1. The highest BCUT2D eigenvalue weighted by Crippen LogP contribution is 2.39. The van der Waals surface area contributed by atoms with Gasteiger partial charge >= 0.3 is 0 Å². The van der Waals surface area contributed by atoms with Crippen LogP contribution in [0.1, 0.15) is 34.1 Å². The second-order valence-electron chi connectivity index (χ2n) is 5.84. The van der Waals surface area contributed by atoms with Crippen LogP contribution in [0.4, 0.5) is 5.00 Å². The number of nitrogens with one attached hydrogen (secondary N) is 1. The Morgan fingerprint density at radius 1 is 1.50 bits per heavy atom. The third kappa shape index (κ3) is 3.44. The van der Waals surface area contributed by atoms with Crippen molar-refractivity contribution < 1.29 is 9.59 Å². The first-order chi connectivity index (χ1) is 11.5. The van der Waals surface area contributed by atoms with E-state index in [1.54, 1.807) is 7.05 Å². The van der Waals surface area contributed by atoms with E-state index in [1.807, 2.05) is 0 Å². The average molecular weight is 366 g/mol. The van der Waals surface area contributed by atoms with Gasteiger partial charge in [0.2, 0.25) is 11.1 Å². The quantitative estimate of drug-likeness (QED) is 0.769. The molecular formula is C14H18N6O2S2. The summed E-state index contributed by atoms with van der Waals surface area (Å²) in [5.41, 5.74) is 7.02. The van der Waals surface area contributed by atoms with Crippen LogP contribution in [0.3, 0.4) is 0 Å². The Labute approximate surface area is 147 Å². The number of amides is 2. The second-order valence-corrected chi connectivity index (χ2v) is 7.89. The molecule has 128 valence electrons. The standard InChI is InChI=1S/C14H18N6O2S2/c1-7-3-4-8-9(5-7)24-13(11(8)12(15)22)16-10(21)6-23-14-17-18-19-20(14)2/h7H,3-6H2,1-2H3,(H2,15,22)(H,16,21). The first kappa shape index (κ1) is 16.9. The molecule has 10 heteroatoms. The summed E-state index contributed by atoms with van der Waals surface area (Å²) in [6.45, 7) is 2.19. The molecule has 2 amide bonds. The molecule has 0 aliphatic heterocycles. The lowest BCUT2D eigenvalue weighted by Crippen LogP contribution is -2.20. The number of thioether (sulfide) groups is 1. The molecular weight excluding hydrogens is 348 g/mol. The Hall–Kier alpha value is -1.94. The van der Waals surface area contributed by atoms with Crippen molar-refractivity contribution in [3.63, 3.8) is 0 Å². The maximum Gasteiger partial charge on any atom is 0.251 e. The monoisotopic (exact) mass is 366 g/mol. The Kier molecular flexibility index (Phi) is 4.86. The number of carbonyl (C=O) groups is 2. The van der Waals surface area contributed by atoms with Crippen LogP contribution >= 0.6 is 23.1 Å². The van der Waals surface area contributed by atoms with Gasteiger partial charge in [0, 0.05) is 11.9 Å². The fourth-order valence-corrected chi connectivity index (χ4v) is 4.82.